The van der Waals surface area contributed by atoms with E-state index in [2.05, 4.69) is 15.9 Å². The third-order valence-electron chi connectivity index (χ3n) is 1.97. The normalized spacial score (nSPS) is 12.3. The zero-order chi connectivity index (χ0) is 10.7. The zero-order valence-corrected chi connectivity index (χ0v) is 9.67. The van der Waals surface area contributed by atoms with Crippen LogP contribution in [0.25, 0.3) is 0 Å². The zero-order valence-electron chi connectivity index (χ0n) is 8.08. The Hall–Kier alpha value is -0.870. The summed E-state index contributed by atoms with van der Waals surface area (Å²) in [6, 6.07) is 4.81. The summed E-state index contributed by atoms with van der Waals surface area (Å²) in [5, 5.41) is 0. The van der Waals surface area contributed by atoms with Gasteiger partial charge in [-0.3, -0.25) is 4.79 Å². The number of carbonyl (C=O) groups excluding carboxylic acids is 1. The van der Waals surface area contributed by atoms with E-state index < -0.39 is 6.04 Å². The maximum absolute atomic E-state index is 11.1. The number of Topliss-reactive ketones (excluding diaryl/α,β-unsaturated/α-hetero) is 1. The van der Waals surface area contributed by atoms with Crippen molar-refractivity contribution in [2.24, 2.45) is 5.73 Å². The standard InChI is InChI=1S/C10H12BrNO2/c1-6(13)10(12)7-3-4-8(11)9(5-7)14-2/h3-5,10H,12H2,1-2H3. The summed E-state index contributed by atoms with van der Waals surface area (Å²) in [5.74, 6) is 0.619. The molecule has 2 N–H and O–H groups in total. The lowest BCUT2D eigenvalue weighted by molar-refractivity contribution is -0.118. The Morgan fingerprint density at radius 2 is 2.21 bits per heavy atom. The van der Waals surface area contributed by atoms with Crippen molar-refractivity contribution >= 4 is 21.7 Å². The van der Waals surface area contributed by atoms with Gasteiger partial charge < -0.3 is 10.5 Å². The second-order valence-electron chi connectivity index (χ2n) is 2.98. The third-order valence-corrected chi connectivity index (χ3v) is 2.63. The molecule has 14 heavy (non-hydrogen) atoms. The van der Waals surface area contributed by atoms with E-state index in [1.165, 1.54) is 6.92 Å². The Kier molecular flexibility index (Phi) is 3.66. The van der Waals surface area contributed by atoms with E-state index in [0.29, 0.717) is 5.75 Å². The monoisotopic (exact) mass is 257 g/mol. The first-order valence-corrected chi connectivity index (χ1v) is 4.95. The van der Waals surface area contributed by atoms with Crippen molar-refractivity contribution in [2.45, 2.75) is 13.0 Å². The quantitative estimate of drug-likeness (QED) is 0.902. The van der Waals surface area contributed by atoms with E-state index in [-0.39, 0.29) is 5.78 Å². The molecular formula is C10H12BrNO2. The van der Waals surface area contributed by atoms with Gasteiger partial charge in [0.2, 0.25) is 0 Å². The Morgan fingerprint density at radius 1 is 1.57 bits per heavy atom. The molecule has 0 aliphatic rings. The van der Waals surface area contributed by atoms with Gasteiger partial charge in [-0.25, -0.2) is 0 Å². The number of rotatable bonds is 3. The number of methoxy groups -OCH3 is 1. The largest absolute Gasteiger partial charge is 0.496 e. The molecule has 0 heterocycles. The van der Waals surface area contributed by atoms with Crippen LogP contribution in [-0.2, 0) is 4.79 Å². The van der Waals surface area contributed by atoms with Crippen LogP contribution < -0.4 is 10.5 Å². The Morgan fingerprint density at radius 3 is 2.71 bits per heavy atom. The van der Waals surface area contributed by atoms with Crippen molar-refractivity contribution in [3.63, 3.8) is 0 Å². The van der Waals surface area contributed by atoms with Crippen molar-refractivity contribution in [2.75, 3.05) is 7.11 Å². The molecule has 0 radical (unpaired) electrons. The van der Waals surface area contributed by atoms with Crippen LogP contribution in [0.3, 0.4) is 0 Å². The molecule has 4 heteroatoms. The molecular weight excluding hydrogens is 246 g/mol. The topological polar surface area (TPSA) is 52.3 Å². The fraction of sp³-hybridized carbons (Fsp3) is 0.300. The molecule has 3 nitrogen and oxygen atoms in total. The van der Waals surface area contributed by atoms with E-state index in [9.17, 15) is 4.79 Å². The molecule has 1 unspecified atom stereocenters. The van der Waals surface area contributed by atoms with Crippen LogP contribution >= 0.6 is 15.9 Å². The van der Waals surface area contributed by atoms with Crippen LogP contribution in [0.2, 0.25) is 0 Å². The SMILES string of the molecule is COc1cc(C(N)C(C)=O)ccc1Br. The van der Waals surface area contributed by atoms with E-state index in [4.69, 9.17) is 10.5 Å². The van der Waals surface area contributed by atoms with E-state index >= 15 is 0 Å². The van der Waals surface area contributed by atoms with Crippen LogP contribution in [0.15, 0.2) is 22.7 Å². The summed E-state index contributed by atoms with van der Waals surface area (Å²) in [6.45, 7) is 1.47. The highest BCUT2D eigenvalue weighted by atomic mass is 79.9. The van der Waals surface area contributed by atoms with Gasteiger partial charge in [-0.15, -0.1) is 0 Å². The van der Waals surface area contributed by atoms with Crippen molar-refractivity contribution in [3.8, 4) is 5.75 Å². The summed E-state index contributed by atoms with van der Waals surface area (Å²) in [4.78, 5) is 11.1. The molecule has 0 spiro atoms. The maximum Gasteiger partial charge on any atom is 0.150 e. The molecule has 0 amide bonds. The predicted molar refractivity (Wildman–Crippen MR) is 58.3 cm³/mol. The number of halogens is 1. The summed E-state index contributed by atoms with van der Waals surface area (Å²) < 4.78 is 5.95. The highest BCUT2D eigenvalue weighted by Gasteiger charge is 2.12. The first-order chi connectivity index (χ1) is 6.56. The van der Waals surface area contributed by atoms with Gasteiger partial charge >= 0.3 is 0 Å². The molecule has 1 aromatic rings. The lowest BCUT2D eigenvalue weighted by Gasteiger charge is -2.10. The van der Waals surface area contributed by atoms with Gasteiger partial charge in [0.15, 0.2) is 5.78 Å². The second kappa shape index (κ2) is 4.57. The Labute approximate surface area is 91.4 Å². The van der Waals surface area contributed by atoms with Crippen LogP contribution in [0.5, 0.6) is 5.75 Å². The van der Waals surface area contributed by atoms with Crippen molar-refractivity contribution < 1.29 is 9.53 Å². The molecule has 0 aliphatic heterocycles. The van der Waals surface area contributed by atoms with Crippen molar-refractivity contribution in [3.05, 3.63) is 28.2 Å². The number of ketones is 1. The van der Waals surface area contributed by atoms with Gasteiger partial charge in [-0.05, 0) is 40.5 Å². The molecule has 1 atom stereocenters. The summed E-state index contributed by atoms with van der Waals surface area (Å²) in [7, 11) is 1.57. The third kappa shape index (κ3) is 2.33. The van der Waals surface area contributed by atoms with Crippen molar-refractivity contribution in [1.82, 2.24) is 0 Å². The highest BCUT2D eigenvalue weighted by molar-refractivity contribution is 9.10. The van der Waals surface area contributed by atoms with Crippen LogP contribution in [0.1, 0.15) is 18.5 Å². The number of benzene rings is 1. The van der Waals surface area contributed by atoms with Crippen LogP contribution in [-0.4, -0.2) is 12.9 Å². The average molecular weight is 258 g/mol. The number of nitrogens with two attached hydrogens (primary N) is 1. The predicted octanol–water partition coefficient (Wildman–Crippen LogP) is 2.05. The Bertz CT molecular complexity index is 352. The summed E-state index contributed by atoms with van der Waals surface area (Å²) in [5.41, 5.74) is 6.45. The van der Waals surface area contributed by atoms with Gasteiger partial charge in [-0.1, -0.05) is 6.07 Å². The fourth-order valence-corrected chi connectivity index (χ4v) is 1.51. The van der Waals surface area contributed by atoms with E-state index in [1.54, 1.807) is 19.2 Å². The minimum atomic E-state index is -0.572. The van der Waals surface area contributed by atoms with Gasteiger partial charge in [0, 0.05) is 0 Å². The lowest BCUT2D eigenvalue weighted by Crippen LogP contribution is -2.18. The summed E-state index contributed by atoms with van der Waals surface area (Å²) >= 11 is 3.33. The minimum absolute atomic E-state index is 0.0608. The van der Waals surface area contributed by atoms with E-state index in [1.807, 2.05) is 6.07 Å². The fourth-order valence-electron chi connectivity index (χ4n) is 1.10. The van der Waals surface area contributed by atoms with E-state index in [0.717, 1.165) is 10.0 Å². The molecule has 0 saturated heterocycles. The molecule has 1 rings (SSSR count). The van der Waals surface area contributed by atoms with Gasteiger partial charge in [0.25, 0.3) is 0 Å². The molecule has 0 bridgehead atoms. The highest BCUT2D eigenvalue weighted by Crippen LogP contribution is 2.27. The smallest absolute Gasteiger partial charge is 0.150 e. The number of carbonyl (C=O) groups is 1. The first kappa shape index (κ1) is 11.2. The molecule has 0 aromatic heterocycles. The minimum Gasteiger partial charge on any atom is -0.496 e. The number of hydrogen-bond donors (Lipinski definition) is 1. The average Bonchev–Trinajstić information content (AvgIpc) is 2.17. The van der Waals surface area contributed by atoms with Crippen molar-refractivity contribution in [1.29, 1.82) is 0 Å². The second-order valence-corrected chi connectivity index (χ2v) is 3.84. The molecule has 1 aromatic carbocycles. The first-order valence-electron chi connectivity index (χ1n) is 4.15. The summed E-state index contributed by atoms with van der Waals surface area (Å²) in [6.07, 6.45) is 0. The Balaban J connectivity index is 3.06. The molecule has 0 aliphatic carbocycles. The molecule has 76 valence electrons. The van der Waals surface area contributed by atoms with Gasteiger partial charge in [0.05, 0.1) is 17.6 Å². The lowest BCUT2D eigenvalue weighted by atomic mass is 10.0. The number of ether oxygens (including phenoxy) is 1. The van der Waals surface area contributed by atoms with Crippen LogP contribution in [0, 0.1) is 0 Å². The van der Waals surface area contributed by atoms with Gasteiger partial charge in [0.1, 0.15) is 5.75 Å². The molecule has 0 fully saturated rings. The number of hydrogen-bond acceptors (Lipinski definition) is 3. The molecule has 0 saturated carbocycles. The maximum atomic E-state index is 11.1. The van der Waals surface area contributed by atoms with Crippen LogP contribution in [0.4, 0.5) is 0 Å². The van der Waals surface area contributed by atoms with Gasteiger partial charge in [-0.2, -0.15) is 0 Å².